The van der Waals surface area contributed by atoms with E-state index in [1.807, 2.05) is 12.1 Å². The maximum Gasteiger partial charge on any atom is 0.269 e. The smallest absolute Gasteiger partial charge is 0.269 e. The summed E-state index contributed by atoms with van der Waals surface area (Å²) in [7, 11) is 0. The highest BCUT2D eigenvalue weighted by Gasteiger charge is 2.21. The van der Waals surface area contributed by atoms with Crippen LogP contribution < -0.4 is 10.9 Å². The highest BCUT2D eigenvalue weighted by molar-refractivity contribution is 9.10. The first kappa shape index (κ1) is 22.9. The van der Waals surface area contributed by atoms with Gasteiger partial charge in [0.25, 0.3) is 5.56 Å². The predicted molar refractivity (Wildman–Crippen MR) is 128 cm³/mol. The van der Waals surface area contributed by atoms with Gasteiger partial charge in [0, 0.05) is 16.7 Å². The van der Waals surface area contributed by atoms with Crippen LogP contribution in [0.3, 0.4) is 0 Å². The highest BCUT2D eigenvalue weighted by atomic mass is 79.9. The molecule has 0 aliphatic heterocycles. The molecule has 2 N–H and O–H groups in total. The van der Waals surface area contributed by atoms with Crippen molar-refractivity contribution in [1.29, 1.82) is 5.41 Å². The molecule has 31 heavy (non-hydrogen) atoms. The molecule has 0 aliphatic carbocycles. The fourth-order valence-electron chi connectivity index (χ4n) is 3.61. The minimum atomic E-state index is -0.465. The van der Waals surface area contributed by atoms with Crippen LogP contribution in [0.2, 0.25) is 0 Å². The Morgan fingerprint density at radius 3 is 2.35 bits per heavy atom. The van der Waals surface area contributed by atoms with E-state index in [0.717, 1.165) is 36.4 Å². The minimum absolute atomic E-state index is 0.123. The summed E-state index contributed by atoms with van der Waals surface area (Å²) < 4.78 is 17.0. The standard InChI is InChI=1S/C24H26BrFN4O/c1-3-7-17(8-4-2)28-22-20(15-27)24(31)30(18-13-11-16(25)12-14-18)23(29-22)19-9-5-6-10-21(19)26/h5-6,9-15,17,27-28H,3-4,7-8H2,1-2H3. The van der Waals surface area contributed by atoms with Crippen molar-refractivity contribution in [2.45, 2.75) is 45.6 Å². The SMILES string of the molecule is CCCC(CCC)Nc1nc(-c2ccccc2F)n(-c2ccc(Br)cc2)c(=O)c1C=N. The molecule has 3 rings (SSSR count). The zero-order chi connectivity index (χ0) is 22.4. The molecule has 0 saturated heterocycles. The van der Waals surface area contributed by atoms with E-state index >= 15 is 0 Å². The second kappa shape index (κ2) is 10.5. The molecule has 2 aromatic carbocycles. The van der Waals surface area contributed by atoms with Crippen LogP contribution in [0.1, 0.15) is 45.1 Å². The lowest BCUT2D eigenvalue weighted by atomic mass is 10.1. The van der Waals surface area contributed by atoms with E-state index in [0.29, 0.717) is 11.5 Å². The van der Waals surface area contributed by atoms with Crippen molar-refractivity contribution in [3.8, 4) is 17.1 Å². The third-order valence-electron chi connectivity index (χ3n) is 5.08. The number of hydrogen-bond donors (Lipinski definition) is 2. The van der Waals surface area contributed by atoms with Gasteiger partial charge in [-0.25, -0.2) is 9.37 Å². The zero-order valence-corrected chi connectivity index (χ0v) is 19.2. The first-order valence-electron chi connectivity index (χ1n) is 10.4. The van der Waals surface area contributed by atoms with Crippen molar-refractivity contribution in [3.63, 3.8) is 0 Å². The van der Waals surface area contributed by atoms with Gasteiger partial charge in [0.2, 0.25) is 0 Å². The highest BCUT2D eigenvalue weighted by Crippen LogP contribution is 2.26. The number of aromatic nitrogens is 2. The fourth-order valence-corrected chi connectivity index (χ4v) is 3.87. The molecule has 0 atom stereocenters. The van der Waals surface area contributed by atoms with Gasteiger partial charge in [0.1, 0.15) is 17.2 Å². The summed E-state index contributed by atoms with van der Waals surface area (Å²) in [6, 6.07) is 13.5. The van der Waals surface area contributed by atoms with Gasteiger partial charge in [0.15, 0.2) is 5.82 Å². The first-order chi connectivity index (χ1) is 15.0. The topological polar surface area (TPSA) is 70.8 Å². The van der Waals surface area contributed by atoms with E-state index in [1.54, 1.807) is 30.3 Å². The third-order valence-corrected chi connectivity index (χ3v) is 5.61. The summed E-state index contributed by atoms with van der Waals surface area (Å²) in [5, 5.41) is 11.2. The van der Waals surface area contributed by atoms with Crippen molar-refractivity contribution in [2.24, 2.45) is 0 Å². The van der Waals surface area contributed by atoms with E-state index in [2.05, 4.69) is 40.1 Å². The number of nitrogens with zero attached hydrogens (tertiary/aromatic N) is 2. The average molecular weight is 485 g/mol. The monoisotopic (exact) mass is 484 g/mol. The summed E-state index contributed by atoms with van der Waals surface area (Å²) in [5.41, 5.74) is 0.511. The second-order valence-electron chi connectivity index (χ2n) is 7.36. The van der Waals surface area contributed by atoms with Crippen molar-refractivity contribution >= 4 is 28.0 Å². The Morgan fingerprint density at radius 2 is 1.77 bits per heavy atom. The van der Waals surface area contributed by atoms with Crippen molar-refractivity contribution in [3.05, 3.63) is 74.7 Å². The maximum atomic E-state index is 14.8. The molecule has 1 heterocycles. The Kier molecular flexibility index (Phi) is 7.74. The molecule has 7 heteroatoms. The largest absolute Gasteiger partial charge is 0.367 e. The first-order valence-corrected chi connectivity index (χ1v) is 11.2. The summed E-state index contributed by atoms with van der Waals surface area (Å²) in [4.78, 5) is 18.2. The Balaban J connectivity index is 2.28. The van der Waals surface area contributed by atoms with Crippen LogP contribution >= 0.6 is 15.9 Å². The van der Waals surface area contributed by atoms with E-state index in [4.69, 9.17) is 5.41 Å². The maximum absolute atomic E-state index is 14.8. The average Bonchev–Trinajstić information content (AvgIpc) is 2.75. The second-order valence-corrected chi connectivity index (χ2v) is 8.27. The Bertz CT molecular complexity index is 1110. The van der Waals surface area contributed by atoms with Gasteiger partial charge in [-0.15, -0.1) is 0 Å². The lowest BCUT2D eigenvalue weighted by molar-refractivity contribution is 0.584. The lowest BCUT2D eigenvalue weighted by Crippen LogP contribution is -2.30. The van der Waals surface area contributed by atoms with Crippen LogP contribution in [-0.2, 0) is 0 Å². The van der Waals surface area contributed by atoms with Crippen LogP contribution in [0.15, 0.2) is 57.8 Å². The summed E-state index contributed by atoms with van der Waals surface area (Å²) in [6.07, 6.45) is 4.81. The predicted octanol–water partition coefficient (Wildman–Crippen LogP) is 6.18. The van der Waals surface area contributed by atoms with Crippen molar-refractivity contribution < 1.29 is 4.39 Å². The molecule has 0 saturated carbocycles. The van der Waals surface area contributed by atoms with Crippen LogP contribution in [0.25, 0.3) is 17.1 Å². The summed E-state index contributed by atoms with van der Waals surface area (Å²) >= 11 is 3.40. The molecular weight excluding hydrogens is 459 g/mol. The quantitative estimate of drug-likeness (QED) is 0.356. The number of anilines is 1. The normalized spacial score (nSPS) is 11.0. The van der Waals surface area contributed by atoms with E-state index in [-0.39, 0.29) is 23.0 Å². The van der Waals surface area contributed by atoms with Gasteiger partial charge < -0.3 is 10.7 Å². The van der Waals surface area contributed by atoms with Crippen LogP contribution in [0.5, 0.6) is 0 Å². The Labute approximate surface area is 190 Å². The molecule has 0 radical (unpaired) electrons. The van der Waals surface area contributed by atoms with Gasteiger partial charge in [-0.05, 0) is 49.2 Å². The Morgan fingerprint density at radius 1 is 1.13 bits per heavy atom. The van der Waals surface area contributed by atoms with Crippen molar-refractivity contribution in [1.82, 2.24) is 9.55 Å². The van der Waals surface area contributed by atoms with E-state index in [1.165, 1.54) is 10.6 Å². The number of rotatable bonds is 9. The molecule has 3 aromatic rings. The van der Waals surface area contributed by atoms with Crippen LogP contribution in [0.4, 0.5) is 10.2 Å². The molecular formula is C24H26BrFN4O. The van der Waals surface area contributed by atoms with E-state index < -0.39 is 11.4 Å². The van der Waals surface area contributed by atoms with Gasteiger partial charge in [-0.1, -0.05) is 54.8 Å². The minimum Gasteiger partial charge on any atom is -0.367 e. The number of nitrogens with one attached hydrogen (secondary N) is 2. The Hall–Kier alpha value is -2.80. The lowest BCUT2D eigenvalue weighted by Gasteiger charge is -2.22. The molecule has 0 amide bonds. The molecule has 1 aromatic heterocycles. The molecule has 0 bridgehead atoms. The van der Waals surface area contributed by atoms with Crippen LogP contribution in [0, 0.1) is 11.2 Å². The van der Waals surface area contributed by atoms with E-state index in [9.17, 15) is 9.18 Å². The van der Waals surface area contributed by atoms with Crippen molar-refractivity contribution in [2.75, 3.05) is 5.32 Å². The van der Waals surface area contributed by atoms with Gasteiger partial charge in [-0.3, -0.25) is 9.36 Å². The number of benzene rings is 2. The molecule has 0 spiro atoms. The molecule has 0 fully saturated rings. The molecule has 5 nitrogen and oxygen atoms in total. The molecule has 0 unspecified atom stereocenters. The molecule has 162 valence electrons. The summed E-state index contributed by atoms with van der Waals surface area (Å²) in [6.45, 7) is 4.21. The summed E-state index contributed by atoms with van der Waals surface area (Å²) in [5.74, 6) is 0.0521. The third kappa shape index (κ3) is 5.10. The zero-order valence-electron chi connectivity index (χ0n) is 17.7. The fraction of sp³-hybridized carbons (Fsp3) is 0.292. The van der Waals surface area contributed by atoms with Gasteiger partial charge >= 0.3 is 0 Å². The van der Waals surface area contributed by atoms with Gasteiger partial charge in [0.05, 0.1) is 11.3 Å². The number of hydrogen-bond acceptors (Lipinski definition) is 4. The van der Waals surface area contributed by atoms with Gasteiger partial charge in [-0.2, -0.15) is 0 Å². The molecule has 0 aliphatic rings. The van der Waals surface area contributed by atoms with Crippen LogP contribution in [-0.4, -0.2) is 21.8 Å². The number of halogens is 2.